The quantitative estimate of drug-likeness (QED) is 0.541. The standard InChI is InChI=1S/C23H16N2O2/c26-22(17-8-2-1-3-9-17)18-12-4-5-13-19(18)23(27)25-20-14-6-10-16-11-7-15-24-21(16)20/h1-15H,(H,25,27). The van der Waals surface area contributed by atoms with Gasteiger partial charge in [-0.2, -0.15) is 0 Å². The molecule has 4 nitrogen and oxygen atoms in total. The molecule has 0 aliphatic rings. The number of carbonyl (C=O) groups is 2. The summed E-state index contributed by atoms with van der Waals surface area (Å²) in [5.41, 5.74) is 2.57. The highest BCUT2D eigenvalue weighted by atomic mass is 16.2. The van der Waals surface area contributed by atoms with Gasteiger partial charge in [0.1, 0.15) is 0 Å². The van der Waals surface area contributed by atoms with E-state index in [1.807, 2.05) is 30.3 Å². The SMILES string of the molecule is O=C(Nc1cccc2cccnc12)c1ccccc1C(=O)c1ccccc1. The Labute approximate surface area is 156 Å². The fraction of sp³-hybridized carbons (Fsp3) is 0. The van der Waals surface area contributed by atoms with E-state index in [9.17, 15) is 9.59 Å². The van der Waals surface area contributed by atoms with Crippen molar-refractivity contribution in [3.63, 3.8) is 0 Å². The fourth-order valence-corrected chi connectivity index (χ4v) is 3.02. The number of para-hydroxylation sites is 1. The Morgan fingerprint density at radius 3 is 2.22 bits per heavy atom. The van der Waals surface area contributed by atoms with Crippen molar-refractivity contribution in [2.24, 2.45) is 0 Å². The third kappa shape index (κ3) is 3.33. The van der Waals surface area contributed by atoms with Crippen LogP contribution < -0.4 is 5.32 Å². The van der Waals surface area contributed by atoms with Crippen molar-refractivity contribution >= 4 is 28.3 Å². The smallest absolute Gasteiger partial charge is 0.256 e. The predicted octanol–water partition coefficient (Wildman–Crippen LogP) is 4.72. The van der Waals surface area contributed by atoms with Crippen molar-refractivity contribution in [2.45, 2.75) is 0 Å². The van der Waals surface area contributed by atoms with Gasteiger partial charge in [-0.3, -0.25) is 14.6 Å². The summed E-state index contributed by atoms with van der Waals surface area (Å²) >= 11 is 0. The summed E-state index contributed by atoms with van der Waals surface area (Å²) in [7, 11) is 0. The second-order valence-corrected chi connectivity index (χ2v) is 6.08. The Balaban J connectivity index is 1.70. The summed E-state index contributed by atoms with van der Waals surface area (Å²) in [5, 5.41) is 3.83. The molecular formula is C23H16N2O2. The number of hydrogen-bond donors (Lipinski definition) is 1. The highest BCUT2D eigenvalue weighted by molar-refractivity contribution is 6.18. The van der Waals surface area contributed by atoms with Gasteiger partial charge in [-0.15, -0.1) is 0 Å². The van der Waals surface area contributed by atoms with Gasteiger partial charge in [0.15, 0.2) is 5.78 Å². The maximum Gasteiger partial charge on any atom is 0.256 e. The van der Waals surface area contributed by atoms with Crippen molar-refractivity contribution in [2.75, 3.05) is 5.32 Å². The number of benzene rings is 3. The van der Waals surface area contributed by atoms with E-state index < -0.39 is 0 Å². The van der Waals surface area contributed by atoms with E-state index in [0.29, 0.717) is 27.9 Å². The largest absolute Gasteiger partial charge is 0.320 e. The molecule has 0 bridgehead atoms. The summed E-state index contributed by atoms with van der Waals surface area (Å²) in [5.74, 6) is -0.523. The van der Waals surface area contributed by atoms with Crippen LogP contribution in [0.15, 0.2) is 91.1 Å². The molecular weight excluding hydrogens is 336 g/mol. The van der Waals surface area contributed by atoms with E-state index in [0.717, 1.165) is 5.39 Å². The van der Waals surface area contributed by atoms with Gasteiger partial charge in [-0.05, 0) is 18.2 Å². The van der Waals surface area contributed by atoms with Gasteiger partial charge < -0.3 is 5.32 Å². The third-order valence-corrected chi connectivity index (χ3v) is 4.33. The summed E-state index contributed by atoms with van der Waals surface area (Å²) in [6, 6.07) is 25.2. The highest BCUT2D eigenvalue weighted by Crippen LogP contribution is 2.22. The monoisotopic (exact) mass is 352 g/mol. The van der Waals surface area contributed by atoms with Crippen LogP contribution in [0.2, 0.25) is 0 Å². The van der Waals surface area contributed by atoms with Gasteiger partial charge in [-0.1, -0.05) is 66.7 Å². The number of carbonyl (C=O) groups excluding carboxylic acids is 2. The number of nitrogens with zero attached hydrogens (tertiary/aromatic N) is 1. The molecule has 0 radical (unpaired) electrons. The van der Waals surface area contributed by atoms with Crippen LogP contribution in [0.1, 0.15) is 26.3 Å². The first-order valence-electron chi connectivity index (χ1n) is 8.58. The highest BCUT2D eigenvalue weighted by Gasteiger charge is 2.18. The number of ketones is 1. The van der Waals surface area contributed by atoms with E-state index in [2.05, 4.69) is 10.3 Å². The summed E-state index contributed by atoms with van der Waals surface area (Å²) < 4.78 is 0. The summed E-state index contributed by atoms with van der Waals surface area (Å²) in [4.78, 5) is 30.1. The van der Waals surface area contributed by atoms with Crippen LogP contribution in [-0.4, -0.2) is 16.7 Å². The lowest BCUT2D eigenvalue weighted by atomic mass is 9.98. The fourth-order valence-electron chi connectivity index (χ4n) is 3.02. The lowest BCUT2D eigenvalue weighted by Crippen LogP contribution is -2.17. The van der Waals surface area contributed by atoms with Crippen LogP contribution in [0.5, 0.6) is 0 Å². The average Bonchev–Trinajstić information content (AvgIpc) is 2.74. The maximum absolute atomic E-state index is 12.9. The number of fused-ring (bicyclic) bond motifs is 1. The Morgan fingerprint density at radius 1 is 0.704 bits per heavy atom. The van der Waals surface area contributed by atoms with E-state index >= 15 is 0 Å². The van der Waals surface area contributed by atoms with Crippen LogP contribution in [0.25, 0.3) is 10.9 Å². The van der Waals surface area contributed by atoms with Gasteiger partial charge in [0, 0.05) is 22.7 Å². The number of pyridine rings is 1. The molecule has 0 saturated heterocycles. The Kier molecular flexibility index (Phi) is 4.45. The molecule has 1 aromatic heterocycles. The number of hydrogen-bond acceptors (Lipinski definition) is 3. The van der Waals surface area contributed by atoms with Crippen LogP contribution in [0, 0.1) is 0 Å². The molecule has 27 heavy (non-hydrogen) atoms. The minimum atomic E-state index is -0.340. The van der Waals surface area contributed by atoms with Crippen molar-refractivity contribution < 1.29 is 9.59 Å². The van der Waals surface area contributed by atoms with Gasteiger partial charge in [0.2, 0.25) is 0 Å². The Morgan fingerprint density at radius 2 is 1.41 bits per heavy atom. The van der Waals surface area contributed by atoms with E-state index in [1.165, 1.54) is 0 Å². The molecule has 0 atom stereocenters. The topological polar surface area (TPSA) is 59.1 Å². The Hall–Kier alpha value is -3.79. The van der Waals surface area contributed by atoms with Gasteiger partial charge in [0.05, 0.1) is 16.8 Å². The number of aromatic nitrogens is 1. The van der Waals surface area contributed by atoms with E-state index in [4.69, 9.17) is 0 Å². The van der Waals surface area contributed by atoms with Crippen molar-refractivity contribution in [3.05, 3.63) is 108 Å². The molecule has 0 saturated carbocycles. The lowest BCUT2D eigenvalue weighted by Gasteiger charge is -2.11. The minimum absolute atomic E-state index is 0.183. The predicted molar refractivity (Wildman–Crippen MR) is 106 cm³/mol. The second-order valence-electron chi connectivity index (χ2n) is 6.08. The maximum atomic E-state index is 12.9. The number of anilines is 1. The summed E-state index contributed by atoms with van der Waals surface area (Å²) in [6.07, 6.45) is 1.69. The second kappa shape index (κ2) is 7.22. The first kappa shape index (κ1) is 16.7. The molecule has 4 rings (SSSR count). The molecule has 0 spiro atoms. The normalized spacial score (nSPS) is 10.5. The first-order valence-corrected chi connectivity index (χ1v) is 8.58. The van der Waals surface area contributed by atoms with Gasteiger partial charge in [0.25, 0.3) is 5.91 Å². The molecule has 1 heterocycles. The zero-order valence-corrected chi connectivity index (χ0v) is 14.4. The zero-order chi connectivity index (χ0) is 18.6. The third-order valence-electron chi connectivity index (χ3n) is 4.33. The first-order chi connectivity index (χ1) is 13.2. The number of amides is 1. The van der Waals surface area contributed by atoms with Gasteiger partial charge >= 0.3 is 0 Å². The van der Waals surface area contributed by atoms with Crippen LogP contribution in [0.3, 0.4) is 0 Å². The van der Waals surface area contributed by atoms with Crippen molar-refractivity contribution in [1.29, 1.82) is 0 Å². The molecule has 0 aliphatic heterocycles. The van der Waals surface area contributed by atoms with E-state index in [1.54, 1.807) is 60.8 Å². The molecule has 1 N–H and O–H groups in total. The Bertz CT molecular complexity index is 1130. The zero-order valence-electron chi connectivity index (χ0n) is 14.4. The lowest BCUT2D eigenvalue weighted by molar-refractivity contribution is 0.0996. The molecule has 0 unspecified atom stereocenters. The van der Waals surface area contributed by atoms with Crippen LogP contribution in [-0.2, 0) is 0 Å². The molecule has 130 valence electrons. The van der Waals surface area contributed by atoms with Crippen molar-refractivity contribution in [3.8, 4) is 0 Å². The molecule has 0 aliphatic carbocycles. The molecule has 1 amide bonds. The molecule has 4 heteroatoms. The average molecular weight is 352 g/mol. The van der Waals surface area contributed by atoms with Gasteiger partial charge in [-0.25, -0.2) is 0 Å². The summed E-state index contributed by atoms with van der Waals surface area (Å²) in [6.45, 7) is 0. The van der Waals surface area contributed by atoms with Crippen LogP contribution >= 0.6 is 0 Å². The number of nitrogens with one attached hydrogen (secondary N) is 1. The molecule has 0 fully saturated rings. The van der Waals surface area contributed by atoms with E-state index in [-0.39, 0.29) is 11.7 Å². The number of rotatable bonds is 4. The van der Waals surface area contributed by atoms with Crippen LogP contribution in [0.4, 0.5) is 5.69 Å². The van der Waals surface area contributed by atoms with Crippen molar-refractivity contribution in [1.82, 2.24) is 4.98 Å². The minimum Gasteiger partial charge on any atom is -0.320 e. The molecule has 4 aromatic rings. The molecule has 3 aromatic carbocycles.